The summed E-state index contributed by atoms with van der Waals surface area (Å²) in [6.45, 7) is 7.92. The number of hydrogen-bond donors (Lipinski definition) is 0. The Hall–Kier alpha value is -1.43. The SMILES string of the molecule is [C-]#[N+]c1cc(F)c(C)cc1F. The lowest BCUT2D eigenvalue weighted by molar-refractivity contribution is 0.597. The second-order valence-electron chi connectivity index (χ2n) is 2.16. The van der Waals surface area contributed by atoms with Crippen LogP contribution in [0, 0.1) is 25.1 Å². The summed E-state index contributed by atoms with van der Waals surface area (Å²) >= 11 is 0. The number of nitrogens with zero attached hydrogens (tertiary/aromatic N) is 1. The van der Waals surface area contributed by atoms with Crippen molar-refractivity contribution in [1.29, 1.82) is 0 Å². The summed E-state index contributed by atoms with van der Waals surface area (Å²) < 4.78 is 25.3. The van der Waals surface area contributed by atoms with Gasteiger partial charge in [0.05, 0.1) is 6.57 Å². The van der Waals surface area contributed by atoms with E-state index in [2.05, 4.69) is 4.85 Å². The van der Waals surface area contributed by atoms with Crippen molar-refractivity contribution in [3.8, 4) is 0 Å². The molecular formula is C8H5F2N. The molecule has 0 aliphatic rings. The molecule has 0 atom stereocenters. The third kappa shape index (κ3) is 1.35. The van der Waals surface area contributed by atoms with Crippen molar-refractivity contribution in [2.24, 2.45) is 0 Å². The summed E-state index contributed by atoms with van der Waals surface area (Å²) in [6.07, 6.45) is 0. The first-order valence-corrected chi connectivity index (χ1v) is 2.98. The largest absolute Gasteiger partial charge is 0.235 e. The van der Waals surface area contributed by atoms with Gasteiger partial charge in [0.25, 0.3) is 0 Å². The Kier molecular flexibility index (Phi) is 1.86. The Morgan fingerprint density at radius 1 is 1.27 bits per heavy atom. The molecule has 0 aromatic heterocycles. The van der Waals surface area contributed by atoms with Gasteiger partial charge in [-0.3, -0.25) is 0 Å². The highest BCUT2D eigenvalue weighted by molar-refractivity contribution is 5.47. The molecule has 11 heavy (non-hydrogen) atoms. The number of aryl methyl sites for hydroxylation is 1. The van der Waals surface area contributed by atoms with Crippen LogP contribution in [0.5, 0.6) is 0 Å². The molecule has 0 N–H and O–H groups in total. The highest BCUT2D eigenvalue weighted by Gasteiger charge is 2.05. The van der Waals surface area contributed by atoms with Gasteiger partial charge in [-0.1, -0.05) is 0 Å². The van der Waals surface area contributed by atoms with Gasteiger partial charge in [-0.2, -0.15) is 0 Å². The first-order chi connectivity index (χ1) is 5.15. The van der Waals surface area contributed by atoms with Crippen LogP contribution in [0.4, 0.5) is 14.5 Å². The average Bonchev–Trinajstić information content (AvgIpc) is 1.97. The molecule has 0 unspecified atom stereocenters. The maximum atomic E-state index is 12.7. The van der Waals surface area contributed by atoms with Crippen LogP contribution in [-0.4, -0.2) is 0 Å². The normalized spacial score (nSPS) is 9.27. The van der Waals surface area contributed by atoms with Crippen LogP contribution in [-0.2, 0) is 0 Å². The fraction of sp³-hybridized carbons (Fsp3) is 0.125. The molecule has 1 aromatic carbocycles. The maximum Gasteiger partial charge on any atom is 0.224 e. The number of rotatable bonds is 0. The van der Waals surface area contributed by atoms with Gasteiger partial charge in [0.2, 0.25) is 5.69 Å². The lowest BCUT2D eigenvalue weighted by Gasteiger charge is -1.96. The number of benzene rings is 1. The van der Waals surface area contributed by atoms with Crippen LogP contribution >= 0.6 is 0 Å². The van der Waals surface area contributed by atoms with Crippen molar-refractivity contribution in [3.05, 3.63) is 40.7 Å². The zero-order valence-corrected chi connectivity index (χ0v) is 5.86. The van der Waals surface area contributed by atoms with Crippen LogP contribution in [0.2, 0.25) is 0 Å². The molecule has 1 rings (SSSR count). The molecule has 1 nitrogen and oxygen atoms in total. The topological polar surface area (TPSA) is 4.36 Å². The van der Waals surface area contributed by atoms with Crippen LogP contribution in [0.15, 0.2) is 12.1 Å². The maximum absolute atomic E-state index is 12.7. The molecule has 0 aliphatic heterocycles. The highest BCUT2D eigenvalue weighted by Crippen LogP contribution is 2.20. The molecule has 0 spiro atoms. The van der Waals surface area contributed by atoms with E-state index in [9.17, 15) is 8.78 Å². The fourth-order valence-electron chi connectivity index (χ4n) is 0.721. The monoisotopic (exact) mass is 153 g/mol. The van der Waals surface area contributed by atoms with Gasteiger partial charge in [0.1, 0.15) is 11.6 Å². The predicted molar refractivity (Wildman–Crippen MR) is 37.4 cm³/mol. The minimum Gasteiger partial charge on any atom is -0.235 e. The van der Waals surface area contributed by atoms with Crippen molar-refractivity contribution in [2.75, 3.05) is 0 Å². The summed E-state index contributed by atoms with van der Waals surface area (Å²) in [6, 6.07) is 1.92. The smallest absolute Gasteiger partial charge is 0.224 e. The molecule has 0 saturated carbocycles. The van der Waals surface area contributed by atoms with E-state index in [4.69, 9.17) is 6.57 Å². The van der Waals surface area contributed by atoms with Crippen molar-refractivity contribution in [2.45, 2.75) is 6.92 Å². The lowest BCUT2D eigenvalue weighted by atomic mass is 10.2. The van der Waals surface area contributed by atoms with E-state index >= 15 is 0 Å². The summed E-state index contributed by atoms with van der Waals surface area (Å²) in [4.78, 5) is 2.81. The molecule has 0 amide bonds. The van der Waals surface area contributed by atoms with E-state index in [0.717, 1.165) is 12.1 Å². The Labute approximate surface area is 63.1 Å². The Morgan fingerprint density at radius 2 is 1.91 bits per heavy atom. The summed E-state index contributed by atoms with van der Waals surface area (Å²) in [5.74, 6) is -1.21. The van der Waals surface area contributed by atoms with Crippen LogP contribution < -0.4 is 0 Å². The molecule has 0 bridgehead atoms. The second kappa shape index (κ2) is 2.67. The third-order valence-electron chi connectivity index (χ3n) is 1.35. The van der Waals surface area contributed by atoms with Gasteiger partial charge in [-0.15, -0.1) is 0 Å². The molecule has 3 heteroatoms. The van der Waals surface area contributed by atoms with Gasteiger partial charge in [-0.05, 0) is 24.6 Å². The van der Waals surface area contributed by atoms with E-state index < -0.39 is 11.6 Å². The molecule has 0 aliphatic carbocycles. The standard InChI is InChI=1S/C8H5F2N/c1-5-3-7(10)8(11-2)4-6(5)9/h3-4H,1H3. The quantitative estimate of drug-likeness (QED) is 0.505. The van der Waals surface area contributed by atoms with Crippen LogP contribution in [0.3, 0.4) is 0 Å². The van der Waals surface area contributed by atoms with Crippen molar-refractivity contribution >= 4 is 5.69 Å². The highest BCUT2D eigenvalue weighted by atomic mass is 19.1. The molecule has 56 valence electrons. The van der Waals surface area contributed by atoms with Crippen molar-refractivity contribution < 1.29 is 8.78 Å². The van der Waals surface area contributed by atoms with Crippen LogP contribution in [0.25, 0.3) is 4.85 Å². The fourth-order valence-corrected chi connectivity index (χ4v) is 0.721. The molecule has 0 heterocycles. The first kappa shape index (κ1) is 7.67. The van der Waals surface area contributed by atoms with Crippen molar-refractivity contribution in [1.82, 2.24) is 0 Å². The molecule has 0 fully saturated rings. The lowest BCUT2D eigenvalue weighted by Crippen LogP contribution is -1.83. The summed E-state index contributed by atoms with van der Waals surface area (Å²) in [5, 5.41) is 0. The van der Waals surface area contributed by atoms with Crippen molar-refractivity contribution in [3.63, 3.8) is 0 Å². The Balaban J connectivity index is 3.35. The molecule has 0 radical (unpaired) electrons. The molecular weight excluding hydrogens is 148 g/mol. The number of halogens is 2. The average molecular weight is 153 g/mol. The Morgan fingerprint density at radius 3 is 2.45 bits per heavy atom. The Bertz CT molecular complexity index is 326. The number of hydrogen-bond acceptors (Lipinski definition) is 0. The first-order valence-electron chi connectivity index (χ1n) is 2.98. The van der Waals surface area contributed by atoms with E-state index in [1.165, 1.54) is 6.92 Å². The zero-order chi connectivity index (χ0) is 8.43. The summed E-state index contributed by atoms with van der Waals surface area (Å²) in [5.41, 5.74) is -0.0528. The van der Waals surface area contributed by atoms with Gasteiger partial charge in [0.15, 0.2) is 0 Å². The second-order valence-corrected chi connectivity index (χ2v) is 2.16. The zero-order valence-electron chi connectivity index (χ0n) is 5.86. The summed E-state index contributed by atoms with van der Waals surface area (Å²) in [7, 11) is 0. The molecule has 0 saturated heterocycles. The minimum atomic E-state index is -0.668. The minimum absolute atomic E-state index is 0.218. The van der Waals surface area contributed by atoms with E-state index in [1.54, 1.807) is 0 Å². The van der Waals surface area contributed by atoms with Gasteiger partial charge in [0, 0.05) is 0 Å². The van der Waals surface area contributed by atoms with Crippen LogP contribution in [0.1, 0.15) is 5.56 Å². The van der Waals surface area contributed by atoms with Gasteiger partial charge >= 0.3 is 0 Å². The predicted octanol–water partition coefficient (Wildman–Crippen LogP) is 2.82. The van der Waals surface area contributed by atoms with Gasteiger partial charge < -0.3 is 0 Å². The third-order valence-corrected chi connectivity index (χ3v) is 1.35. The van der Waals surface area contributed by atoms with Gasteiger partial charge in [-0.25, -0.2) is 13.6 Å². The molecule has 1 aromatic rings. The van der Waals surface area contributed by atoms with E-state index in [-0.39, 0.29) is 11.3 Å². The van der Waals surface area contributed by atoms with E-state index in [1.807, 2.05) is 0 Å². The van der Waals surface area contributed by atoms with E-state index in [0.29, 0.717) is 0 Å².